The molecule has 2 aromatic carbocycles. The Kier molecular flexibility index (Phi) is 7.18. The summed E-state index contributed by atoms with van der Waals surface area (Å²) in [5.74, 6) is -1.23. The topological polar surface area (TPSA) is 118 Å². The number of ether oxygens (including phenoxy) is 2. The predicted octanol–water partition coefficient (Wildman–Crippen LogP) is 3.77. The van der Waals surface area contributed by atoms with Crippen molar-refractivity contribution in [1.29, 1.82) is 0 Å². The lowest BCUT2D eigenvalue weighted by atomic mass is 10.1. The lowest BCUT2D eigenvalue weighted by Gasteiger charge is -2.14. The van der Waals surface area contributed by atoms with Crippen LogP contribution < -0.4 is 9.88 Å². The number of esters is 1. The molecule has 3 rings (SSSR count). The second kappa shape index (κ2) is 9.74. The fourth-order valence-corrected chi connectivity index (χ4v) is 3.98. The maximum Gasteiger partial charge on any atom is 0.387 e. The minimum atomic E-state index is -3.90. The highest BCUT2D eigenvalue weighted by Crippen LogP contribution is 2.25. The maximum atomic E-state index is 13.0. The summed E-state index contributed by atoms with van der Waals surface area (Å²) in [6.45, 7) is 1.99. The number of benzene rings is 2. The van der Waals surface area contributed by atoms with Gasteiger partial charge in [0, 0.05) is 22.6 Å². The molecule has 0 amide bonds. The number of halogens is 2. The van der Waals surface area contributed by atoms with Crippen molar-refractivity contribution in [2.24, 2.45) is 5.14 Å². The fourth-order valence-electron chi connectivity index (χ4n) is 3.47. The molecule has 2 N–H and O–H groups in total. The molecule has 0 unspecified atom stereocenters. The summed E-state index contributed by atoms with van der Waals surface area (Å²) in [4.78, 5) is 25.3. The van der Waals surface area contributed by atoms with Crippen molar-refractivity contribution >= 4 is 21.8 Å². The minimum absolute atomic E-state index is 0.00939. The van der Waals surface area contributed by atoms with E-state index in [1.807, 2.05) is 0 Å². The molecule has 11 heteroatoms. The molecule has 1 atom stereocenters. The number of ketones is 1. The van der Waals surface area contributed by atoms with E-state index in [9.17, 15) is 26.8 Å². The van der Waals surface area contributed by atoms with Gasteiger partial charge >= 0.3 is 12.6 Å². The van der Waals surface area contributed by atoms with Crippen LogP contribution in [0.3, 0.4) is 0 Å². The van der Waals surface area contributed by atoms with Crippen LogP contribution in [0.5, 0.6) is 5.75 Å². The summed E-state index contributed by atoms with van der Waals surface area (Å²) in [6, 6.07) is 12.4. The first-order valence-electron chi connectivity index (χ1n) is 10.0. The normalized spacial score (nSPS) is 12.4. The Morgan fingerprint density at radius 3 is 2.12 bits per heavy atom. The molecule has 0 bridgehead atoms. The molecule has 0 aliphatic rings. The summed E-state index contributed by atoms with van der Waals surface area (Å²) in [6.07, 6.45) is -1.12. The summed E-state index contributed by atoms with van der Waals surface area (Å²) in [7, 11) is -3.90. The molecule has 0 spiro atoms. The van der Waals surface area contributed by atoms with Gasteiger partial charge in [-0.3, -0.25) is 4.79 Å². The van der Waals surface area contributed by atoms with E-state index >= 15 is 0 Å². The highest BCUT2D eigenvalue weighted by Gasteiger charge is 2.25. The summed E-state index contributed by atoms with van der Waals surface area (Å²) < 4.78 is 58.8. The number of primary sulfonamides is 1. The van der Waals surface area contributed by atoms with Gasteiger partial charge in [-0.1, -0.05) is 0 Å². The molecule has 0 radical (unpaired) electrons. The van der Waals surface area contributed by atoms with Gasteiger partial charge in [0.2, 0.25) is 15.8 Å². The summed E-state index contributed by atoms with van der Waals surface area (Å²) in [5.41, 5.74) is 2.31. The summed E-state index contributed by atoms with van der Waals surface area (Å²) >= 11 is 0. The van der Waals surface area contributed by atoms with Crippen LogP contribution >= 0.6 is 0 Å². The van der Waals surface area contributed by atoms with E-state index in [1.165, 1.54) is 43.3 Å². The van der Waals surface area contributed by atoms with Gasteiger partial charge in [0.25, 0.3) is 0 Å². The molecule has 0 fully saturated rings. The Balaban J connectivity index is 1.77. The van der Waals surface area contributed by atoms with E-state index < -0.39 is 34.5 Å². The van der Waals surface area contributed by atoms with Crippen LogP contribution in [0.2, 0.25) is 0 Å². The molecular formula is C23H22F2N2O6S. The van der Waals surface area contributed by atoms with Gasteiger partial charge in [0.15, 0.2) is 6.10 Å². The number of aryl methyl sites for hydroxylation is 1. The number of hydrogen-bond acceptors (Lipinski definition) is 6. The van der Waals surface area contributed by atoms with Gasteiger partial charge in [0.1, 0.15) is 5.75 Å². The van der Waals surface area contributed by atoms with Gasteiger partial charge in [0.05, 0.1) is 10.5 Å². The molecule has 180 valence electrons. The maximum absolute atomic E-state index is 13.0. The third-order valence-electron chi connectivity index (χ3n) is 5.09. The molecule has 3 aromatic rings. The standard InChI is InChI=1S/C23H22F2N2O6S/c1-13-12-20(14(2)27(13)17-6-8-18(9-7-17)33-23(24)25)21(28)15(3)32-22(29)16-4-10-19(11-5-16)34(26,30)31/h4-12,15,23H,1-3H3,(H2,26,30,31)/t15-/m1/s1. The van der Waals surface area contributed by atoms with E-state index in [-0.39, 0.29) is 16.2 Å². The minimum Gasteiger partial charge on any atom is -0.451 e. The van der Waals surface area contributed by atoms with Gasteiger partial charge in [-0.25, -0.2) is 18.4 Å². The number of aromatic nitrogens is 1. The van der Waals surface area contributed by atoms with Crippen molar-refractivity contribution in [2.75, 3.05) is 0 Å². The van der Waals surface area contributed by atoms with Gasteiger partial charge in [-0.2, -0.15) is 8.78 Å². The Morgan fingerprint density at radius 1 is 1.00 bits per heavy atom. The van der Waals surface area contributed by atoms with E-state index in [1.54, 1.807) is 36.6 Å². The Bertz CT molecular complexity index is 1320. The van der Waals surface area contributed by atoms with Crippen LogP contribution in [-0.4, -0.2) is 37.5 Å². The quantitative estimate of drug-likeness (QED) is 0.378. The number of sulfonamides is 1. The van der Waals surface area contributed by atoms with Crippen LogP contribution in [0.25, 0.3) is 5.69 Å². The zero-order valence-electron chi connectivity index (χ0n) is 18.5. The lowest BCUT2D eigenvalue weighted by molar-refractivity contribution is -0.0498. The number of alkyl halides is 2. The van der Waals surface area contributed by atoms with E-state index in [4.69, 9.17) is 9.88 Å². The summed E-state index contributed by atoms with van der Waals surface area (Å²) in [5, 5.41) is 5.04. The fraction of sp³-hybridized carbons (Fsp3) is 0.217. The average molecular weight is 493 g/mol. The van der Waals surface area contributed by atoms with Crippen LogP contribution in [0.4, 0.5) is 8.78 Å². The number of hydrogen-bond donors (Lipinski definition) is 1. The van der Waals surface area contributed by atoms with Crippen LogP contribution in [0.1, 0.15) is 39.0 Å². The van der Waals surface area contributed by atoms with E-state index in [0.29, 0.717) is 22.6 Å². The van der Waals surface area contributed by atoms with Crippen LogP contribution in [0.15, 0.2) is 59.5 Å². The first-order valence-corrected chi connectivity index (χ1v) is 11.6. The number of nitrogens with zero attached hydrogens (tertiary/aromatic N) is 1. The van der Waals surface area contributed by atoms with Crippen molar-refractivity contribution in [3.63, 3.8) is 0 Å². The Hall–Kier alpha value is -3.57. The smallest absolute Gasteiger partial charge is 0.387 e. The Labute approximate surface area is 195 Å². The monoisotopic (exact) mass is 492 g/mol. The third-order valence-corrected chi connectivity index (χ3v) is 6.02. The number of Topliss-reactive ketones (excluding diaryl/α,β-unsaturated/α-hetero) is 1. The molecule has 1 heterocycles. The van der Waals surface area contributed by atoms with Crippen molar-refractivity contribution in [1.82, 2.24) is 4.57 Å². The zero-order valence-corrected chi connectivity index (χ0v) is 19.3. The average Bonchev–Trinajstić information content (AvgIpc) is 3.06. The molecule has 1 aromatic heterocycles. The van der Waals surface area contributed by atoms with Crippen LogP contribution in [0, 0.1) is 13.8 Å². The molecule has 34 heavy (non-hydrogen) atoms. The number of rotatable bonds is 8. The Morgan fingerprint density at radius 2 is 1.59 bits per heavy atom. The second-order valence-electron chi connectivity index (χ2n) is 7.47. The van der Waals surface area contributed by atoms with Crippen molar-refractivity contribution in [3.8, 4) is 11.4 Å². The molecule has 0 aliphatic heterocycles. The largest absolute Gasteiger partial charge is 0.451 e. The number of carbonyl (C=O) groups excluding carboxylic acids is 2. The molecule has 8 nitrogen and oxygen atoms in total. The second-order valence-corrected chi connectivity index (χ2v) is 9.04. The highest BCUT2D eigenvalue weighted by molar-refractivity contribution is 7.89. The molecule has 0 aliphatic carbocycles. The van der Waals surface area contributed by atoms with Gasteiger partial charge < -0.3 is 14.0 Å². The van der Waals surface area contributed by atoms with Crippen molar-refractivity contribution < 1.29 is 36.3 Å². The first-order chi connectivity index (χ1) is 15.9. The van der Waals surface area contributed by atoms with Crippen molar-refractivity contribution in [3.05, 3.63) is 77.1 Å². The SMILES string of the molecule is Cc1cc(C(=O)[C@@H](C)OC(=O)c2ccc(S(N)(=O)=O)cc2)c(C)n1-c1ccc(OC(F)F)cc1. The first kappa shape index (κ1) is 25.1. The number of nitrogens with two attached hydrogens (primary N) is 1. The number of carbonyl (C=O) groups is 2. The third kappa shape index (κ3) is 5.49. The molecule has 0 saturated carbocycles. The molecule has 0 saturated heterocycles. The lowest BCUT2D eigenvalue weighted by Crippen LogP contribution is -2.25. The van der Waals surface area contributed by atoms with Crippen LogP contribution in [-0.2, 0) is 14.8 Å². The van der Waals surface area contributed by atoms with Gasteiger partial charge in [-0.15, -0.1) is 0 Å². The van der Waals surface area contributed by atoms with E-state index in [2.05, 4.69) is 4.74 Å². The molecular weight excluding hydrogens is 470 g/mol. The predicted molar refractivity (Wildman–Crippen MR) is 119 cm³/mol. The van der Waals surface area contributed by atoms with E-state index in [0.717, 1.165) is 0 Å². The van der Waals surface area contributed by atoms with Crippen molar-refractivity contribution in [2.45, 2.75) is 38.4 Å². The highest BCUT2D eigenvalue weighted by atomic mass is 32.2. The van der Waals surface area contributed by atoms with Gasteiger partial charge in [-0.05, 0) is 75.4 Å². The zero-order chi connectivity index (χ0) is 25.2.